The van der Waals surface area contributed by atoms with Gasteiger partial charge in [0.15, 0.2) is 0 Å². The van der Waals surface area contributed by atoms with Crippen molar-refractivity contribution in [3.8, 4) is 0 Å². The lowest BCUT2D eigenvalue weighted by Crippen LogP contribution is -2.50. The summed E-state index contributed by atoms with van der Waals surface area (Å²) in [6, 6.07) is 0. The molecule has 0 bridgehead atoms. The van der Waals surface area contributed by atoms with E-state index in [4.69, 9.17) is 13.8 Å². The van der Waals surface area contributed by atoms with E-state index in [0.717, 1.165) is 32.2 Å². The molecule has 1 aliphatic rings. The maximum absolute atomic E-state index is 12.0. The molecule has 7 nitrogen and oxygen atoms in total. The van der Waals surface area contributed by atoms with Crippen LogP contribution in [0.3, 0.4) is 0 Å². The Labute approximate surface area is 221 Å². The summed E-state index contributed by atoms with van der Waals surface area (Å²) in [6.07, 6.45) is 23.1. The first-order valence-electron chi connectivity index (χ1n) is 14.5. The van der Waals surface area contributed by atoms with Crippen LogP contribution in [0.5, 0.6) is 0 Å². The smallest absolute Gasteiger partial charge is 0.339 e. The third-order valence-corrected chi connectivity index (χ3v) is 8.18. The van der Waals surface area contributed by atoms with Crippen LogP contribution in [0.2, 0.25) is 0 Å². The van der Waals surface area contributed by atoms with Crippen LogP contribution < -0.4 is 4.89 Å². The fourth-order valence-corrected chi connectivity index (χ4v) is 5.54. The second kappa shape index (κ2) is 20.3. The fraction of sp³-hybridized carbons (Fsp3) is 0.893. The number of hydrogen-bond acceptors (Lipinski definition) is 6. The minimum atomic E-state index is -4.29. The third kappa shape index (κ3) is 16.9. The average molecular weight is 532 g/mol. The summed E-state index contributed by atoms with van der Waals surface area (Å²) >= 11 is 0. The maximum atomic E-state index is 12.0. The van der Waals surface area contributed by atoms with Crippen molar-refractivity contribution in [2.24, 2.45) is 0 Å². The van der Waals surface area contributed by atoms with Crippen LogP contribution in [-0.2, 0) is 23.1 Å². The van der Waals surface area contributed by atoms with Crippen molar-refractivity contribution < 1.29 is 32.5 Å². The molecule has 2 unspecified atom stereocenters. The molecule has 0 fully saturated rings. The zero-order valence-corrected chi connectivity index (χ0v) is 24.4. The molecule has 0 radical (unpaired) electrons. The number of nitrogens with zero attached hydrogens (tertiary/aromatic N) is 1. The van der Waals surface area contributed by atoms with Gasteiger partial charge in [0.2, 0.25) is 0 Å². The van der Waals surface area contributed by atoms with Gasteiger partial charge in [0.25, 0.3) is 7.82 Å². The largest absolute Gasteiger partial charge is 0.756 e. The van der Waals surface area contributed by atoms with Crippen LogP contribution in [0.25, 0.3) is 0 Å². The second-order valence-electron chi connectivity index (χ2n) is 10.7. The molecule has 1 heterocycles. The quantitative estimate of drug-likeness (QED) is 0.0631. The number of unbranched alkanes of at least 4 members (excludes halogenated alkanes) is 15. The van der Waals surface area contributed by atoms with Gasteiger partial charge in [-0.15, -0.1) is 0 Å². The maximum Gasteiger partial charge on any atom is 0.339 e. The van der Waals surface area contributed by atoms with Crippen molar-refractivity contribution in [1.29, 1.82) is 0 Å². The molecule has 0 saturated heterocycles. The predicted octanol–water partition coefficient (Wildman–Crippen LogP) is 6.70. The van der Waals surface area contributed by atoms with Crippen LogP contribution in [0.1, 0.15) is 116 Å². The van der Waals surface area contributed by atoms with Crippen molar-refractivity contribution in [2.45, 2.75) is 116 Å². The molecular formula is C28H54NO6P. The van der Waals surface area contributed by atoms with E-state index in [-0.39, 0.29) is 19.2 Å². The molecule has 0 amide bonds. The first-order valence-corrected chi connectivity index (χ1v) is 16.0. The van der Waals surface area contributed by atoms with E-state index in [0.29, 0.717) is 23.1 Å². The van der Waals surface area contributed by atoms with Gasteiger partial charge in [-0.2, -0.15) is 0 Å². The standard InChI is InChI=1S/C28H54NO6P/c1-4-5-6-7-8-9-10-11-12-13-14-15-16-17-18-19-24-34-36(31,32)35-25-23-29(2)22-20-21-27(26-29)28(30)33-3/h21H,4-20,22-26H2,1-3H3. The second-order valence-corrected chi connectivity index (χ2v) is 12.1. The molecule has 0 aromatic heterocycles. The fourth-order valence-electron chi connectivity index (χ4n) is 4.81. The number of methoxy groups -OCH3 is 1. The number of carbonyl (C=O) groups is 1. The summed E-state index contributed by atoms with van der Waals surface area (Å²) in [5.74, 6) is -0.323. The van der Waals surface area contributed by atoms with E-state index in [1.165, 1.54) is 90.6 Å². The van der Waals surface area contributed by atoms with Gasteiger partial charge < -0.3 is 23.2 Å². The number of quaternary nitrogens is 1. The van der Waals surface area contributed by atoms with Crippen LogP contribution in [0.4, 0.5) is 0 Å². The molecule has 2 atom stereocenters. The molecule has 0 aromatic rings. The first-order chi connectivity index (χ1) is 17.3. The highest BCUT2D eigenvalue weighted by atomic mass is 31.2. The first kappa shape index (κ1) is 33.3. The Morgan fingerprint density at radius 3 is 1.83 bits per heavy atom. The van der Waals surface area contributed by atoms with Gasteiger partial charge in [-0.1, -0.05) is 109 Å². The summed E-state index contributed by atoms with van der Waals surface area (Å²) in [7, 11) is -0.923. The van der Waals surface area contributed by atoms with Gasteiger partial charge in [-0.25, -0.2) is 4.79 Å². The van der Waals surface area contributed by atoms with Gasteiger partial charge in [0.05, 0.1) is 32.9 Å². The molecule has 0 N–H and O–H groups in total. The number of carbonyl (C=O) groups excluding carboxylic acids is 1. The molecule has 1 rings (SSSR count). The SMILES string of the molecule is CCCCCCCCCCCCCCCCCCOP(=O)([O-])OCC[N+]1(C)CCC=C(C(=O)OC)C1. The zero-order valence-electron chi connectivity index (χ0n) is 23.5. The minimum Gasteiger partial charge on any atom is -0.756 e. The highest BCUT2D eigenvalue weighted by molar-refractivity contribution is 7.45. The van der Waals surface area contributed by atoms with Crippen LogP contribution >= 0.6 is 7.82 Å². The minimum absolute atomic E-state index is 0.0463. The van der Waals surface area contributed by atoms with Gasteiger partial charge in [0, 0.05) is 6.42 Å². The summed E-state index contributed by atoms with van der Waals surface area (Å²) in [6.45, 7) is 4.32. The number of hydrogen-bond donors (Lipinski definition) is 0. The van der Waals surface area contributed by atoms with Gasteiger partial charge >= 0.3 is 5.97 Å². The number of esters is 1. The highest BCUT2D eigenvalue weighted by Gasteiger charge is 2.30. The van der Waals surface area contributed by atoms with Crippen molar-refractivity contribution in [3.63, 3.8) is 0 Å². The number of ether oxygens (including phenoxy) is 1. The predicted molar refractivity (Wildman–Crippen MR) is 145 cm³/mol. The van der Waals surface area contributed by atoms with E-state index < -0.39 is 7.82 Å². The van der Waals surface area contributed by atoms with Crippen molar-refractivity contribution in [1.82, 2.24) is 0 Å². The third-order valence-electron chi connectivity index (χ3n) is 7.19. The Hall–Kier alpha value is -0.720. The normalized spacial score (nSPS) is 19.6. The Kier molecular flexibility index (Phi) is 18.8. The molecule has 0 spiro atoms. The van der Waals surface area contributed by atoms with Gasteiger partial charge in [0.1, 0.15) is 19.7 Å². The van der Waals surface area contributed by atoms with Gasteiger partial charge in [-0.3, -0.25) is 4.57 Å². The van der Waals surface area contributed by atoms with E-state index in [9.17, 15) is 14.3 Å². The lowest BCUT2D eigenvalue weighted by atomic mass is 10.0. The monoisotopic (exact) mass is 531 g/mol. The number of phosphoric acid groups is 1. The summed E-state index contributed by atoms with van der Waals surface area (Å²) < 4.78 is 27.5. The van der Waals surface area contributed by atoms with E-state index in [2.05, 4.69) is 6.92 Å². The Morgan fingerprint density at radius 2 is 1.33 bits per heavy atom. The van der Waals surface area contributed by atoms with Crippen molar-refractivity contribution >= 4 is 13.8 Å². The topological polar surface area (TPSA) is 84.9 Å². The lowest BCUT2D eigenvalue weighted by Gasteiger charge is -2.37. The molecule has 1 aliphatic heterocycles. The number of rotatable bonds is 23. The average Bonchev–Trinajstić information content (AvgIpc) is 2.85. The molecule has 36 heavy (non-hydrogen) atoms. The van der Waals surface area contributed by atoms with Crippen molar-refractivity contribution in [2.75, 3.05) is 47.0 Å². The zero-order chi connectivity index (χ0) is 26.5. The summed E-state index contributed by atoms with van der Waals surface area (Å²) in [4.78, 5) is 23.8. The molecule has 8 heteroatoms. The Morgan fingerprint density at radius 1 is 0.861 bits per heavy atom. The van der Waals surface area contributed by atoms with E-state index >= 15 is 0 Å². The van der Waals surface area contributed by atoms with E-state index in [1.54, 1.807) is 0 Å². The van der Waals surface area contributed by atoms with Crippen molar-refractivity contribution in [3.05, 3.63) is 11.6 Å². The Bertz CT molecular complexity index is 656. The molecule has 0 aromatic carbocycles. The molecule has 212 valence electrons. The lowest BCUT2D eigenvalue weighted by molar-refractivity contribution is -0.906. The number of phosphoric ester groups is 1. The molecule has 0 saturated carbocycles. The van der Waals surface area contributed by atoms with Crippen LogP contribution in [0.15, 0.2) is 11.6 Å². The van der Waals surface area contributed by atoms with E-state index in [1.807, 2.05) is 13.1 Å². The molecule has 0 aliphatic carbocycles. The van der Waals surface area contributed by atoms with Crippen LogP contribution in [0, 0.1) is 0 Å². The Balaban J connectivity index is 1.95. The summed E-state index contributed by atoms with van der Waals surface area (Å²) in [5, 5.41) is 0. The highest BCUT2D eigenvalue weighted by Crippen LogP contribution is 2.38. The van der Waals surface area contributed by atoms with Gasteiger partial charge in [-0.05, 0) is 6.42 Å². The molecular weight excluding hydrogens is 477 g/mol. The summed E-state index contributed by atoms with van der Waals surface area (Å²) in [5.41, 5.74) is 0.635. The van der Waals surface area contributed by atoms with Crippen LogP contribution in [-0.4, -0.2) is 57.5 Å². The number of likely N-dealkylation sites (N-methyl/N-ethyl adjacent to an activating group) is 1.